The molecule has 5 aromatic rings. The van der Waals surface area contributed by atoms with Crippen molar-refractivity contribution in [2.45, 2.75) is 6.18 Å². The number of aromatic amines is 1. The van der Waals surface area contributed by atoms with E-state index in [2.05, 4.69) is 9.97 Å². The molecule has 2 heterocycles. The van der Waals surface area contributed by atoms with Gasteiger partial charge in [0.2, 0.25) is 0 Å². The highest BCUT2D eigenvalue weighted by Gasteiger charge is 2.30. The molecule has 31 heavy (non-hydrogen) atoms. The highest BCUT2D eigenvalue weighted by molar-refractivity contribution is 6.04. The molecule has 3 N–H and O–H groups in total. The van der Waals surface area contributed by atoms with E-state index in [0.717, 1.165) is 23.3 Å². The molecule has 0 saturated heterocycles. The fourth-order valence-corrected chi connectivity index (χ4v) is 3.75. The molecule has 0 fully saturated rings. The summed E-state index contributed by atoms with van der Waals surface area (Å²) >= 11 is 0. The third kappa shape index (κ3) is 3.22. The van der Waals surface area contributed by atoms with Crippen LogP contribution in [-0.2, 0) is 6.18 Å². The number of aromatic nitrogens is 3. The highest BCUT2D eigenvalue weighted by atomic mass is 19.4. The Morgan fingerprint density at radius 2 is 1.71 bits per heavy atom. The SMILES string of the molecule is Nc1cccc(-c2ccc3ncc4[nH]c(=O)n(-c5cccc(C(F)(F)F)c5)c4c3c2)c1. The average Bonchev–Trinajstić information content (AvgIpc) is 3.09. The van der Waals surface area contributed by atoms with Gasteiger partial charge in [0.25, 0.3) is 0 Å². The minimum absolute atomic E-state index is 0.118. The normalized spacial score (nSPS) is 12.0. The van der Waals surface area contributed by atoms with Crippen LogP contribution in [0.3, 0.4) is 0 Å². The van der Waals surface area contributed by atoms with E-state index in [4.69, 9.17) is 5.73 Å². The second-order valence-corrected chi connectivity index (χ2v) is 7.19. The smallest absolute Gasteiger partial charge is 0.399 e. The van der Waals surface area contributed by atoms with Gasteiger partial charge >= 0.3 is 11.9 Å². The van der Waals surface area contributed by atoms with E-state index in [-0.39, 0.29) is 5.69 Å². The molecule has 8 heteroatoms. The van der Waals surface area contributed by atoms with Crippen molar-refractivity contribution in [1.29, 1.82) is 0 Å². The Morgan fingerprint density at radius 3 is 2.48 bits per heavy atom. The van der Waals surface area contributed by atoms with Gasteiger partial charge in [-0.3, -0.25) is 9.55 Å². The van der Waals surface area contributed by atoms with Crippen molar-refractivity contribution in [3.63, 3.8) is 0 Å². The third-order valence-corrected chi connectivity index (χ3v) is 5.16. The van der Waals surface area contributed by atoms with Crippen LogP contribution in [0, 0.1) is 0 Å². The maximum atomic E-state index is 13.2. The number of alkyl halides is 3. The topological polar surface area (TPSA) is 76.7 Å². The van der Waals surface area contributed by atoms with Crippen molar-refractivity contribution in [1.82, 2.24) is 14.5 Å². The first-order valence-corrected chi connectivity index (χ1v) is 9.38. The second-order valence-electron chi connectivity index (χ2n) is 7.19. The van der Waals surface area contributed by atoms with Gasteiger partial charge in [0.15, 0.2) is 0 Å². The van der Waals surface area contributed by atoms with E-state index in [1.807, 2.05) is 30.3 Å². The zero-order chi connectivity index (χ0) is 21.8. The summed E-state index contributed by atoms with van der Waals surface area (Å²) in [7, 11) is 0. The summed E-state index contributed by atoms with van der Waals surface area (Å²) < 4.78 is 41.0. The molecular weight excluding hydrogens is 405 g/mol. The Kier molecular flexibility index (Phi) is 4.11. The van der Waals surface area contributed by atoms with Gasteiger partial charge in [-0.1, -0.05) is 24.3 Å². The fraction of sp³-hybridized carbons (Fsp3) is 0.0435. The number of nitrogen functional groups attached to an aromatic ring is 1. The first-order valence-electron chi connectivity index (χ1n) is 9.38. The van der Waals surface area contributed by atoms with Crippen LogP contribution in [0.15, 0.2) is 77.7 Å². The van der Waals surface area contributed by atoms with Crippen molar-refractivity contribution in [2.24, 2.45) is 0 Å². The van der Waals surface area contributed by atoms with Crippen molar-refractivity contribution >= 4 is 27.6 Å². The summed E-state index contributed by atoms with van der Waals surface area (Å²) in [5.74, 6) is 0. The lowest BCUT2D eigenvalue weighted by Gasteiger charge is -2.11. The van der Waals surface area contributed by atoms with E-state index in [1.54, 1.807) is 12.1 Å². The molecule has 0 unspecified atom stereocenters. The maximum absolute atomic E-state index is 13.2. The number of nitrogens with zero attached hydrogens (tertiary/aromatic N) is 2. The predicted molar refractivity (Wildman–Crippen MR) is 114 cm³/mol. The van der Waals surface area contributed by atoms with E-state index >= 15 is 0 Å². The maximum Gasteiger partial charge on any atom is 0.416 e. The van der Waals surface area contributed by atoms with Crippen LogP contribution in [0.4, 0.5) is 18.9 Å². The number of hydrogen-bond acceptors (Lipinski definition) is 3. The number of nitrogens with two attached hydrogens (primary N) is 1. The average molecular weight is 420 g/mol. The molecule has 0 atom stereocenters. The van der Waals surface area contributed by atoms with E-state index < -0.39 is 17.4 Å². The molecule has 5 nitrogen and oxygen atoms in total. The van der Waals surface area contributed by atoms with Crippen LogP contribution in [0.5, 0.6) is 0 Å². The summed E-state index contributed by atoms with van der Waals surface area (Å²) in [6, 6.07) is 17.6. The van der Waals surface area contributed by atoms with Crippen molar-refractivity contribution < 1.29 is 13.2 Å². The molecule has 0 saturated carbocycles. The summed E-state index contributed by atoms with van der Waals surface area (Å²) in [5.41, 5.74) is 8.47. The molecule has 0 bridgehead atoms. The summed E-state index contributed by atoms with van der Waals surface area (Å²) in [6.45, 7) is 0. The van der Waals surface area contributed by atoms with Gasteiger partial charge in [-0.15, -0.1) is 0 Å². The molecule has 0 amide bonds. The Labute approximate surface area is 173 Å². The van der Waals surface area contributed by atoms with Gasteiger partial charge in [-0.2, -0.15) is 13.2 Å². The summed E-state index contributed by atoms with van der Waals surface area (Å²) in [5, 5.41) is 0.633. The summed E-state index contributed by atoms with van der Waals surface area (Å²) in [6.07, 6.45) is -3.01. The quantitative estimate of drug-likeness (QED) is 0.389. The first-order chi connectivity index (χ1) is 14.8. The number of halogens is 3. The standard InChI is InChI=1S/C23H15F3N4O/c24-23(25,26)15-4-2-6-17(11-15)30-21-18-10-14(13-3-1-5-16(27)9-13)7-8-19(18)28-12-20(21)29-22(30)31/h1-12H,27H2,(H,29,31). The second kappa shape index (κ2) is 6.73. The lowest BCUT2D eigenvalue weighted by atomic mass is 10.0. The number of anilines is 1. The number of rotatable bonds is 2. The van der Waals surface area contributed by atoms with Crippen LogP contribution < -0.4 is 11.4 Å². The Bertz CT molecular complexity index is 1520. The molecule has 5 rings (SSSR count). The first kappa shape index (κ1) is 18.9. The molecule has 0 radical (unpaired) electrons. The molecule has 2 aromatic heterocycles. The molecule has 3 aromatic carbocycles. The molecular formula is C23H15F3N4O. The lowest BCUT2D eigenvalue weighted by Crippen LogP contribution is -2.15. The molecule has 0 spiro atoms. The van der Waals surface area contributed by atoms with Crippen molar-refractivity contribution in [3.8, 4) is 16.8 Å². The van der Waals surface area contributed by atoms with Gasteiger partial charge in [0, 0.05) is 11.1 Å². The molecule has 0 aliphatic heterocycles. The lowest BCUT2D eigenvalue weighted by molar-refractivity contribution is -0.137. The van der Waals surface area contributed by atoms with Gasteiger partial charge in [-0.05, 0) is 53.6 Å². The van der Waals surface area contributed by atoms with Crippen LogP contribution in [-0.4, -0.2) is 14.5 Å². The van der Waals surface area contributed by atoms with Crippen LogP contribution in [0.25, 0.3) is 38.8 Å². The highest BCUT2D eigenvalue weighted by Crippen LogP contribution is 2.32. The minimum Gasteiger partial charge on any atom is -0.399 e. The van der Waals surface area contributed by atoms with Crippen molar-refractivity contribution in [2.75, 3.05) is 5.73 Å². The number of fused-ring (bicyclic) bond motifs is 3. The van der Waals surface area contributed by atoms with Crippen LogP contribution in [0.1, 0.15) is 5.56 Å². The third-order valence-electron chi connectivity index (χ3n) is 5.16. The van der Waals surface area contributed by atoms with Gasteiger partial charge in [0.05, 0.1) is 34.0 Å². The number of pyridine rings is 1. The fourth-order valence-electron chi connectivity index (χ4n) is 3.75. The zero-order valence-corrected chi connectivity index (χ0v) is 15.9. The zero-order valence-electron chi connectivity index (χ0n) is 15.9. The Hall–Kier alpha value is -4.07. The van der Waals surface area contributed by atoms with Crippen LogP contribution >= 0.6 is 0 Å². The molecule has 0 aliphatic rings. The largest absolute Gasteiger partial charge is 0.416 e. The van der Waals surface area contributed by atoms with E-state index in [0.29, 0.717) is 27.6 Å². The number of hydrogen-bond donors (Lipinski definition) is 2. The predicted octanol–water partition coefficient (Wildman–Crippen LogP) is 5.14. The van der Waals surface area contributed by atoms with E-state index in [9.17, 15) is 18.0 Å². The Balaban J connectivity index is 1.81. The minimum atomic E-state index is -4.52. The van der Waals surface area contributed by atoms with Crippen molar-refractivity contribution in [3.05, 3.63) is 89.0 Å². The van der Waals surface area contributed by atoms with Gasteiger partial charge in [-0.25, -0.2) is 4.79 Å². The van der Waals surface area contributed by atoms with Gasteiger partial charge in [0.1, 0.15) is 0 Å². The number of H-pyrrole nitrogens is 1. The van der Waals surface area contributed by atoms with Crippen LogP contribution in [0.2, 0.25) is 0 Å². The summed E-state index contributed by atoms with van der Waals surface area (Å²) in [4.78, 5) is 19.8. The number of nitrogens with one attached hydrogen (secondary N) is 1. The van der Waals surface area contributed by atoms with Gasteiger partial charge < -0.3 is 10.7 Å². The number of imidazole rings is 1. The molecule has 0 aliphatic carbocycles. The monoisotopic (exact) mass is 420 g/mol. The number of benzene rings is 3. The molecule has 154 valence electrons. The van der Waals surface area contributed by atoms with E-state index in [1.165, 1.54) is 22.9 Å². The Morgan fingerprint density at radius 1 is 0.935 bits per heavy atom.